The Morgan fingerprint density at radius 1 is 1.32 bits per heavy atom. The number of nitrogens with zero attached hydrogens (tertiary/aromatic N) is 2. The SMILES string of the molecule is CCn1nccc1-c1ccc(CNC2CC2)cc1C. The zero-order valence-corrected chi connectivity index (χ0v) is 11.7. The normalized spacial score (nSPS) is 14.8. The summed E-state index contributed by atoms with van der Waals surface area (Å²) < 4.78 is 2.05. The fourth-order valence-corrected chi connectivity index (χ4v) is 2.49. The van der Waals surface area contributed by atoms with Crippen molar-refractivity contribution in [2.24, 2.45) is 0 Å². The van der Waals surface area contributed by atoms with Crippen LogP contribution < -0.4 is 5.32 Å². The van der Waals surface area contributed by atoms with E-state index >= 15 is 0 Å². The summed E-state index contributed by atoms with van der Waals surface area (Å²) in [7, 11) is 0. The molecular weight excluding hydrogens is 234 g/mol. The van der Waals surface area contributed by atoms with E-state index in [0.717, 1.165) is 19.1 Å². The van der Waals surface area contributed by atoms with Crippen LogP contribution in [0.1, 0.15) is 30.9 Å². The fraction of sp³-hybridized carbons (Fsp3) is 0.438. The summed E-state index contributed by atoms with van der Waals surface area (Å²) in [5.74, 6) is 0. The summed E-state index contributed by atoms with van der Waals surface area (Å²) in [4.78, 5) is 0. The minimum absolute atomic E-state index is 0.765. The number of rotatable bonds is 5. The standard InChI is InChI=1S/C16H21N3/c1-3-19-16(8-9-18-19)15-7-4-13(10-12(15)2)11-17-14-5-6-14/h4,7-10,14,17H,3,5-6,11H2,1-2H3. The Morgan fingerprint density at radius 2 is 2.16 bits per heavy atom. The summed E-state index contributed by atoms with van der Waals surface area (Å²) in [6.07, 6.45) is 4.56. The van der Waals surface area contributed by atoms with E-state index in [2.05, 4.69) is 48.5 Å². The number of hydrogen-bond acceptors (Lipinski definition) is 2. The first-order chi connectivity index (χ1) is 9.28. The Kier molecular flexibility index (Phi) is 3.38. The monoisotopic (exact) mass is 255 g/mol. The third kappa shape index (κ3) is 2.71. The van der Waals surface area contributed by atoms with Gasteiger partial charge in [0.25, 0.3) is 0 Å². The third-order valence-electron chi connectivity index (χ3n) is 3.76. The summed E-state index contributed by atoms with van der Waals surface area (Å²) in [6, 6.07) is 9.60. The number of aromatic nitrogens is 2. The first kappa shape index (κ1) is 12.4. The zero-order valence-electron chi connectivity index (χ0n) is 11.7. The molecule has 0 radical (unpaired) electrons. The van der Waals surface area contributed by atoms with Crippen LogP contribution in [0.2, 0.25) is 0 Å². The first-order valence-corrected chi connectivity index (χ1v) is 7.13. The summed E-state index contributed by atoms with van der Waals surface area (Å²) in [5.41, 5.74) is 5.19. The second-order valence-corrected chi connectivity index (χ2v) is 5.34. The Labute approximate surface area is 114 Å². The largest absolute Gasteiger partial charge is 0.310 e. The fourth-order valence-electron chi connectivity index (χ4n) is 2.49. The van der Waals surface area contributed by atoms with Gasteiger partial charge in [0.05, 0.1) is 5.69 Å². The van der Waals surface area contributed by atoms with Crippen molar-refractivity contribution in [3.05, 3.63) is 41.6 Å². The van der Waals surface area contributed by atoms with Crippen molar-refractivity contribution in [2.45, 2.75) is 45.8 Å². The second kappa shape index (κ2) is 5.17. The van der Waals surface area contributed by atoms with Gasteiger partial charge in [-0.3, -0.25) is 4.68 Å². The maximum Gasteiger partial charge on any atom is 0.0684 e. The molecule has 3 heteroatoms. The highest BCUT2D eigenvalue weighted by molar-refractivity contribution is 5.64. The Bertz CT molecular complexity index is 567. The van der Waals surface area contributed by atoms with E-state index in [4.69, 9.17) is 0 Å². The highest BCUT2D eigenvalue weighted by Crippen LogP contribution is 2.25. The summed E-state index contributed by atoms with van der Waals surface area (Å²) in [6.45, 7) is 6.20. The van der Waals surface area contributed by atoms with E-state index in [9.17, 15) is 0 Å². The quantitative estimate of drug-likeness (QED) is 0.889. The molecule has 1 aliphatic rings. The lowest BCUT2D eigenvalue weighted by atomic mass is 10.0. The van der Waals surface area contributed by atoms with Crippen LogP contribution >= 0.6 is 0 Å². The van der Waals surface area contributed by atoms with Crippen molar-refractivity contribution in [2.75, 3.05) is 0 Å². The van der Waals surface area contributed by atoms with Crippen LogP contribution in [-0.2, 0) is 13.1 Å². The molecule has 1 saturated carbocycles. The molecule has 0 atom stereocenters. The van der Waals surface area contributed by atoms with E-state index in [0.29, 0.717) is 0 Å². The van der Waals surface area contributed by atoms with Crippen LogP contribution in [-0.4, -0.2) is 15.8 Å². The molecule has 0 unspecified atom stereocenters. The van der Waals surface area contributed by atoms with Gasteiger partial charge in [0.15, 0.2) is 0 Å². The lowest BCUT2D eigenvalue weighted by Crippen LogP contribution is -2.15. The van der Waals surface area contributed by atoms with Gasteiger partial charge in [-0.05, 0) is 43.9 Å². The molecule has 1 aromatic heterocycles. The maximum absolute atomic E-state index is 4.35. The van der Waals surface area contributed by atoms with Gasteiger partial charge in [-0.15, -0.1) is 0 Å². The average molecular weight is 255 g/mol. The predicted octanol–water partition coefficient (Wildman–Crippen LogP) is 3.13. The molecular formula is C16H21N3. The lowest BCUT2D eigenvalue weighted by Gasteiger charge is -2.10. The van der Waals surface area contributed by atoms with Gasteiger partial charge in [0, 0.05) is 30.9 Å². The van der Waals surface area contributed by atoms with Crippen LogP contribution in [0.25, 0.3) is 11.3 Å². The van der Waals surface area contributed by atoms with Gasteiger partial charge < -0.3 is 5.32 Å². The Hall–Kier alpha value is -1.61. The van der Waals surface area contributed by atoms with Crippen LogP contribution in [0.3, 0.4) is 0 Å². The Balaban J connectivity index is 1.82. The summed E-state index contributed by atoms with van der Waals surface area (Å²) in [5, 5.41) is 7.91. The Morgan fingerprint density at radius 3 is 2.84 bits per heavy atom. The van der Waals surface area contributed by atoms with Crippen LogP contribution in [0.4, 0.5) is 0 Å². The van der Waals surface area contributed by atoms with Gasteiger partial charge >= 0.3 is 0 Å². The van der Waals surface area contributed by atoms with Crippen LogP contribution in [0, 0.1) is 6.92 Å². The molecule has 1 fully saturated rings. The first-order valence-electron chi connectivity index (χ1n) is 7.13. The molecule has 0 spiro atoms. The van der Waals surface area contributed by atoms with E-state index in [-0.39, 0.29) is 0 Å². The van der Waals surface area contributed by atoms with Gasteiger partial charge in [0.2, 0.25) is 0 Å². The number of aryl methyl sites for hydroxylation is 2. The molecule has 0 bridgehead atoms. The topological polar surface area (TPSA) is 29.9 Å². The third-order valence-corrected chi connectivity index (χ3v) is 3.76. The molecule has 2 aromatic rings. The van der Waals surface area contributed by atoms with Crippen molar-refractivity contribution >= 4 is 0 Å². The van der Waals surface area contributed by atoms with E-state index in [1.807, 2.05) is 10.9 Å². The van der Waals surface area contributed by atoms with Gasteiger partial charge in [-0.25, -0.2) is 0 Å². The predicted molar refractivity (Wildman–Crippen MR) is 77.9 cm³/mol. The second-order valence-electron chi connectivity index (χ2n) is 5.34. The zero-order chi connectivity index (χ0) is 13.2. The molecule has 0 aliphatic heterocycles. The molecule has 1 aliphatic carbocycles. The van der Waals surface area contributed by atoms with Crippen LogP contribution in [0.5, 0.6) is 0 Å². The minimum Gasteiger partial charge on any atom is -0.310 e. The molecule has 3 nitrogen and oxygen atoms in total. The van der Waals surface area contributed by atoms with Crippen molar-refractivity contribution < 1.29 is 0 Å². The highest BCUT2D eigenvalue weighted by Gasteiger charge is 2.20. The molecule has 100 valence electrons. The van der Waals surface area contributed by atoms with Crippen molar-refractivity contribution in [1.29, 1.82) is 0 Å². The average Bonchev–Trinajstić information content (AvgIpc) is 3.13. The minimum atomic E-state index is 0.765. The van der Waals surface area contributed by atoms with E-state index in [1.165, 1.54) is 35.2 Å². The smallest absolute Gasteiger partial charge is 0.0684 e. The molecule has 0 saturated heterocycles. The molecule has 1 aromatic carbocycles. The van der Waals surface area contributed by atoms with Crippen molar-refractivity contribution in [3.8, 4) is 11.3 Å². The highest BCUT2D eigenvalue weighted by atomic mass is 15.3. The molecule has 1 heterocycles. The number of benzene rings is 1. The van der Waals surface area contributed by atoms with Crippen molar-refractivity contribution in [3.63, 3.8) is 0 Å². The van der Waals surface area contributed by atoms with E-state index in [1.54, 1.807) is 0 Å². The molecule has 1 N–H and O–H groups in total. The molecule has 0 amide bonds. The van der Waals surface area contributed by atoms with Gasteiger partial charge in [-0.1, -0.05) is 18.2 Å². The number of hydrogen-bond donors (Lipinski definition) is 1. The van der Waals surface area contributed by atoms with Crippen molar-refractivity contribution in [1.82, 2.24) is 15.1 Å². The lowest BCUT2D eigenvalue weighted by molar-refractivity contribution is 0.666. The van der Waals surface area contributed by atoms with Crippen LogP contribution in [0.15, 0.2) is 30.5 Å². The maximum atomic E-state index is 4.35. The molecule has 19 heavy (non-hydrogen) atoms. The summed E-state index contributed by atoms with van der Waals surface area (Å²) >= 11 is 0. The van der Waals surface area contributed by atoms with E-state index < -0.39 is 0 Å². The number of nitrogens with one attached hydrogen (secondary N) is 1. The molecule has 3 rings (SSSR count). The van der Waals surface area contributed by atoms with Gasteiger partial charge in [0.1, 0.15) is 0 Å². The van der Waals surface area contributed by atoms with Gasteiger partial charge in [-0.2, -0.15) is 5.10 Å².